The molecule has 2 aromatic heterocycles. The van der Waals surface area contributed by atoms with Gasteiger partial charge in [-0.3, -0.25) is 14.0 Å². The molecule has 0 N–H and O–H groups in total. The van der Waals surface area contributed by atoms with Crippen molar-refractivity contribution in [3.05, 3.63) is 53.3 Å². The number of para-hydroxylation sites is 2. The first-order valence-electron chi connectivity index (χ1n) is 8.07. The Hall–Kier alpha value is -2.83. The van der Waals surface area contributed by atoms with Crippen LogP contribution in [0.3, 0.4) is 0 Å². The summed E-state index contributed by atoms with van der Waals surface area (Å²) in [5.74, 6) is -0.550. The average Bonchev–Trinajstić information content (AvgIpc) is 3.30. The van der Waals surface area contributed by atoms with E-state index in [0.717, 1.165) is 19.4 Å². The van der Waals surface area contributed by atoms with E-state index in [4.69, 9.17) is 4.42 Å². The lowest BCUT2D eigenvalue weighted by atomic mass is 10.2. The van der Waals surface area contributed by atoms with Crippen LogP contribution in [-0.2, 0) is 17.9 Å². The molecular weight excluding hydrogens is 308 g/mol. The minimum Gasteiger partial charge on any atom is -0.408 e. The van der Waals surface area contributed by atoms with Gasteiger partial charge in [-0.1, -0.05) is 12.1 Å². The maximum Gasteiger partial charge on any atom is 0.420 e. The van der Waals surface area contributed by atoms with E-state index in [2.05, 4.69) is 5.10 Å². The Labute approximate surface area is 138 Å². The topological polar surface area (TPSA) is 73.3 Å². The highest BCUT2D eigenvalue weighted by Crippen LogP contribution is 2.20. The fraction of sp³-hybridized carbons (Fsp3) is 0.353. The van der Waals surface area contributed by atoms with Gasteiger partial charge in [0.2, 0.25) is 5.91 Å². The average molecular weight is 326 g/mol. The van der Waals surface area contributed by atoms with E-state index in [1.54, 1.807) is 24.4 Å². The molecule has 1 atom stereocenters. The summed E-state index contributed by atoms with van der Waals surface area (Å²) in [6.45, 7) is 1.40. The number of amides is 1. The van der Waals surface area contributed by atoms with Crippen molar-refractivity contribution in [1.82, 2.24) is 19.2 Å². The SMILES string of the molecule is O=C(Cn1c(=O)oc2ccccc21)N1CCCC1Cn1cccn1. The first-order chi connectivity index (χ1) is 11.7. The quantitative estimate of drug-likeness (QED) is 0.728. The first kappa shape index (κ1) is 14.7. The van der Waals surface area contributed by atoms with Crippen molar-refractivity contribution >= 4 is 17.0 Å². The molecule has 1 fully saturated rings. The molecule has 0 radical (unpaired) electrons. The second kappa shape index (κ2) is 5.99. The number of hydrogen-bond donors (Lipinski definition) is 0. The number of nitrogens with zero attached hydrogens (tertiary/aromatic N) is 4. The molecule has 124 valence electrons. The van der Waals surface area contributed by atoms with Gasteiger partial charge in [0.05, 0.1) is 18.1 Å². The van der Waals surface area contributed by atoms with Gasteiger partial charge in [0.1, 0.15) is 6.54 Å². The van der Waals surface area contributed by atoms with Gasteiger partial charge in [-0.15, -0.1) is 0 Å². The number of carbonyl (C=O) groups is 1. The van der Waals surface area contributed by atoms with Crippen LogP contribution in [0, 0.1) is 0 Å². The third-order valence-corrected chi connectivity index (χ3v) is 4.52. The van der Waals surface area contributed by atoms with Crippen molar-refractivity contribution in [1.29, 1.82) is 0 Å². The fourth-order valence-electron chi connectivity index (χ4n) is 3.37. The van der Waals surface area contributed by atoms with Crippen LogP contribution in [0.2, 0.25) is 0 Å². The Morgan fingerprint density at radius 1 is 1.29 bits per heavy atom. The van der Waals surface area contributed by atoms with Gasteiger partial charge in [-0.2, -0.15) is 5.10 Å². The van der Waals surface area contributed by atoms with Gasteiger partial charge in [-0.25, -0.2) is 4.79 Å². The van der Waals surface area contributed by atoms with E-state index in [1.165, 1.54) is 4.57 Å². The number of carbonyl (C=O) groups excluding carboxylic acids is 1. The van der Waals surface area contributed by atoms with Crippen molar-refractivity contribution in [2.75, 3.05) is 6.54 Å². The molecule has 1 aliphatic heterocycles. The molecule has 7 nitrogen and oxygen atoms in total. The molecule has 0 bridgehead atoms. The monoisotopic (exact) mass is 326 g/mol. The molecule has 1 unspecified atom stereocenters. The standard InChI is InChI=1S/C17H18N4O3/c22-16(12-21-14-6-1-2-7-15(14)24-17(21)23)20-10-3-5-13(20)11-19-9-4-8-18-19/h1-2,4,6-9,13H,3,5,10-12H2. The van der Waals surface area contributed by atoms with Crippen molar-refractivity contribution < 1.29 is 9.21 Å². The summed E-state index contributed by atoms with van der Waals surface area (Å²) < 4.78 is 8.44. The summed E-state index contributed by atoms with van der Waals surface area (Å²) >= 11 is 0. The smallest absolute Gasteiger partial charge is 0.408 e. The molecule has 0 aliphatic carbocycles. The molecule has 1 aromatic carbocycles. The maximum absolute atomic E-state index is 12.7. The Bertz CT molecular complexity index is 909. The van der Waals surface area contributed by atoms with E-state index < -0.39 is 5.76 Å². The summed E-state index contributed by atoms with van der Waals surface area (Å²) in [5, 5.41) is 4.21. The number of rotatable bonds is 4. The van der Waals surface area contributed by atoms with E-state index in [-0.39, 0.29) is 18.5 Å². The highest BCUT2D eigenvalue weighted by Gasteiger charge is 2.29. The van der Waals surface area contributed by atoms with Crippen molar-refractivity contribution in [2.45, 2.75) is 32.0 Å². The van der Waals surface area contributed by atoms with Crippen molar-refractivity contribution in [3.63, 3.8) is 0 Å². The van der Waals surface area contributed by atoms with Crippen LogP contribution in [0.25, 0.3) is 11.1 Å². The molecule has 0 saturated carbocycles. The van der Waals surface area contributed by atoms with Gasteiger partial charge in [-0.05, 0) is 31.0 Å². The second-order valence-electron chi connectivity index (χ2n) is 6.03. The minimum atomic E-state index is -0.493. The van der Waals surface area contributed by atoms with Gasteiger partial charge >= 0.3 is 5.76 Å². The summed E-state index contributed by atoms with van der Waals surface area (Å²) in [6, 6.07) is 9.14. The van der Waals surface area contributed by atoms with Crippen LogP contribution in [0.15, 0.2) is 51.9 Å². The molecule has 1 aliphatic rings. The van der Waals surface area contributed by atoms with Gasteiger partial charge in [0, 0.05) is 18.9 Å². The van der Waals surface area contributed by atoms with Crippen LogP contribution in [0.4, 0.5) is 0 Å². The normalized spacial score (nSPS) is 17.7. The predicted molar refractivity (Wildman–Crippen MR) is 87.4 cm³/mol. The van der Waals surface area contributed by atoms with E-state index in [0.29, 0.717) is 17.6 Å². The van der Waals surface area contributed by atoms with Crippen LogP contribution >= 0.6 is 0 Å². The summed E-state index contributed by atoms with van der Waals surface area (Å²) in [7, 11) is 0. The molecule has 24 heavy (non-hydrogen) atoms. The summed E-state index contributed by atoms with van der Waals surface area (Å²) in [5.41, 5.74) is 1.16. The third kappa shape index (κ3) is 2.62. The highest BCUT2D eigenvalue weighted by molar-refractivity contribution is 5.80. The van der Waals surface area contributed by atoms with Gasteiger partial charge in [0.15, 0.2) is 5.58 Å². The summed E-state index contributed by atoms with van der Waals surface area (Å²) in [6.07, 6.45) is 5.55. The van der Waals surface area contributed by atoms with Gasteiger partial charge < -0.3 is 9.32 Å². The lowest BCUT2D eigenvalue weighted by Gasteiger charge is -2.24. The number of benzene rings is 1. The molecule has 0 spiro atoms. The molecule has 4 rings (SSSR count). The zero-order valence-electron chi connectivity index (χ0n) is 13.2. The van der Waals surface area contributed by atoms with E-state index in [9.17, 15) is 9.59 Å². The van der Waals surface area contributed by atoms with Crippen LogP contribution in [-0.4, -0.2) is 37.7 Å². The molecule has 3 heterocycles. The van der Waals surface area contributed by atoms with Crippen molar-refractivity contribution in [2.24, 2.45) is 0 Å². The zero-order chi connectivity index (χ0) is 16.5. The number of oxazole rings is 1. The highest BCUT2D eigenvalue weighted by atomic mass is 16.4. The maximum atomic E-state index is 12.7. The van der Waals surface area contributed by atoms with E-state index in [1.807, 2.05) is 27.9 Å². The Kier molecular flexibility index (Phi) is 3.68. The molecule has 7 heteroatoms. The largest absolute Gasteiger partial charge is 0.420 e. The zero-order valence-corrected chi connectivity index (χ0v) is 13.2. The second-order valence-corrected chi connectivity index (χ2v) is 6.03. The fourth-order valence-corrected chi connectivity index (χ4v) is 3.37. The number of fused-ring (bicyclic) bond motifs is 1. The minimum absolute atomic E-state index is 0.00541. The van der Waals surface area contributed by atoms with Crippen molar-refractivity contribution in [3.8, 4) is 0 Å². The molecular formula is C17H18N4O3. The lowest BCUT2D eigenvalue weighted by Crippen LogP contribution is -2.41. The number of likely N-dealkylation sites (tertiary alicyclic amines) is 1. The third-order valence-electron chi connectivity index (χ3n) is 4.52. The van der Waals surface area contributed by atoms with E-state index >= 15 is 0 Å². The first-order valence-corrected chi connectivity index (χ1v) is 8.07. The summed E-state index contributed by atoms with van der Waals surface area (Å²) in [4.78, 5) is 26.6. The molecule has 1 saturated heterocycles. The van der Waals surface area contributed by atoms with Crippen LogP contribution in [0.5, 0.6) is 0 Å². The number of hydrogen-bond acceptors (Lipinski definition) is 4. The Morgan fingerprint density at radius 2 is 2.17 bits per heavy atom. The lowest BCUT2D eigenvalue weighted by molar-refractivity contribution is -0.132. The predicted octanol–water partition coefficient (Wildman–Crippen LogP) is 1.48. The number of aromatic nitrogens is 3. The van der Waals surface area contributed by atoms with Crippen LogP contribution in [0.1, 0.15) is 12.8 Å². The molecule has 3 aromatic rings. The molecule has 1 amide bonds. The van der Waals surface area contributed by atoms with Gasteiger partial charge in [0.25, 0.3) is 0 Å². The Balaban J connectivity index is 1.54. The Morgan fingerprint density at radius 3 is 3.00 bits per heavy atom. The van der Waals surface area contributed by atoms with Crippen LogP contribution < -0.4 is 5.76 Å².